The van der Waals surface area contributed by atoms with Crippen LogP contribution in [0, 0.1) is 6.92 Å². The zero-order chi connectivity index (χ0) is 13.2. The van der Waals surface area contributed by atoms with Crippen LogP contribution in [0.2, 0.25) is 0 Å². The first-order valence-corrected chi connectivity index (χ1v) is 5.83. The molecule has 0 saturated carbocycles. The SMILES string of the molecule is Cc1ccc(-c2c(-c3cncnc3)noc2N)cc1. The third-order valence-corrected chi connectivity index (χ3v) is 2.89. The lowest BCUT2D eigenvalue weighted by atomic mass is 10.0. The van der Waals surface area contributed by atoms with E-state index in [0.29, 0.717) is 11.6 Å². The summed E-state index contributed by atoms with van der Waals surface area (Å²) in [6.45, 7) is 2.03. The van der Waals surface area contributed by atoms with E-state index >= 15 is 0 Å². The lowest BCUT2D eigenvalue weighted by Crippen LogP contribution is -1.89. The Kier molecular flexibility index (Phi) is 2.72. The molecule has 3 aromatic rings. The van der Waals surface area contributed by atoms with Crippen molar-refractivity contribution in [1.82, 2.24) is 15.1 Å². The Hall–Kier alpha value is -2.69. The molecular weight excluding hydrogens is 240 g/mol. The second kappa shape index (κ2) is 4.53. The predicted molar refractivity (Wildman–Crippen MR) is 72.1 cm³/mol. The third kappa shape index (κ3) is 2.06. The van der Waals surface area contributed by atoms with Crippen LogP contribution in [0.1, 0.15) is 5.56 Å². The number of rotatable bonds is 2. The van der Waals surface area contributed by atoms with Crippen molar-refractivity contribution in [2.24, 2.45) is 0 Å². The van der Waals surface area contributed by atoms with Crippen molar-refractivity contribution in [3.63, 3.8) is 0 Å². The molecule has 0 atom stereocenters. The molecule has 0 saturated heterocycles. The minimum atomic E-state index is 0.294. The first kappa shape index (κ1) is 11.4. The van der Waals surface area contributed by atoms with Crippen LogP contribution in [0.15, 0.2) is 47.5 Å². The van der Waals surface area contributed by atoms with Crippen molar-refractivity contribution in [2.75, 3.05) is 5.73 Å². The monoisotopic (exact) mass is 252 g/mol. The summed E-state index contributed by atoms with van der Waals surface area (Å²) < 4.78 is 5.11. The van der Waals surface area contributed by atoms with Gasteiger partial charge in [-0.1, -0.05) is 35.0 Å². The van der Waals surface area contributed by atoms with Gasteiger partial charge in [0.1, 0.15) is 12.0 Å². The van der Waals surface area contributed by atoms with Gasteiger partial charge in [0.15, 0.2) is 0 Å². The van der Waals surface area contributed by atoms with Gasteiger partial charge in [0.2, 0.25) is 5.88 Å². The number of hydrogen-bond acceptors (Lipinski definition) is 5. The highest BCUT2D eigenvalue weighted by Gasteiger charge is 2.17. The summed E-state index contributed by atoms with van der Waals surface area (Å²) >= 11 is 0. The Morgan fingerprint density at radius 2 is 1.68 bits per heavy atom. The number of nitrogens with zero attached hydrogens (tertiary/aromatic N) is 3. The molecule has 0 aliphatic rings. The van der Waals surface area contributed by atoms with Crippen LogP contribution in [0.4, 0.5) is 5.88 Å². The summed E-state index contributed by atoms with van der Waals surface area (Å²) in [5.74, 6) is 0.294. The van der Waals surface area contributed by atoms with E-state index in [0.717, 1.165) is 16.7 Å². The fraction of sp³-hybridized carbons (Fsp3) is 0.0714. The topological polar surface area (TPSA) is 77.8 Å². The van der Waals surface area contributed by atoms with Gasteiger partial charge in [-0.25, -0.2) is 9.97 Å². The standard InChI is InChI=1S/C14H12N4O/c1-9-2-4-10(5-3-9)12-13(18-19-14(12)15)11-6-16-8-17-7-11/h2-8H,15H2,1H3. The second-order valence-corrected chi connectivity index (χ2v) is 4.26. The van der Waals surface area contributed by atoms with Crippen molar-refractivity contribution < 1.29 is 4.52 Å². The first-order valence-electron chi connectivity index (χ1n) is 5.83. The minimum absolute atomic E-state index is 0.294. The minimum Gasteiger partial charge on any atom is -0.367 e. The van der Waals surface area contributed by atoms with Crippen molar-refractivity contribution in [3.05, 3.63) is 48.5 Å². The van der Waals surface area contributed by atoms with Crippen LogP contribution >= 0.6 is 0 Å². The summed E-state index contributed by atoms with van der Waals surface area (Å²) in [6, 6.07) is 8.02. The van der Waals surface area contributed by atoms with Gasteiger partial charge in [0.05, 0.1) is 5.56 Å². The molecule has 2 heterocycles. The van der Waals surface area contributed by atoms with E-state index in [9.17, 15) is 0 Å². The molecular formula is C14H12N4O. The van der Waals surface area contributed by atoms with Gasteiger partial charge >= 0.3 is 0 Å². The largest absolute Gasteiger partial charge is 0.367 e. The number of hydrogen-bond donors (Lipinski definition) is 1. The normalized spacial score (nSPS) is 10.6. The molecule has 0 aliphatic carbocycles. The molecule has 0 bridgehead atoms. The Morgan fingerprint density at radius 3 is 2.37 bits per heavy atom. The predicted octanol–water partition coefficient (Wildman–Crippen LogP) is 2.69. The Balaban J connectivity index is 2.17. The quantitative estimate of drug-likeness (QED) is 0.758. The van der Waals surface area contributed by atoms with E-state index in [1.807, 2.05) is 31.2 Å². The Labute approximate surface area is 110 Å². The van der Waals surface area contributed by atoms with Gasteiger partial charge in [0.25, 0.3) is 0 Å². The first-order chi connectivity index (χ1) is 9.25. The Morgan fingerprint density at radius 1 is 1.00 bits per heavy atom. The molecule has 2 N–H and O–H groups in total. The van der Waals surface area contributed by atoms with Gasteiger partial charge in [0, 0.05) is 18.0 Å². The van der Waals surface area contributed by atoms with Crippen LogP contribution in [0.25, 0.3) is 22.4 Å². The average molecular weight is 252 g/mol. The smallest absolute Gasteiger partial charge is 0.230 e. The maximum atomic E-state index is 5.88. The molecule has 94 valence electrons. The Bertz CT molecular complexity index is 689. The number of aromatic nitrogens is 3. The van der Waals surface area contributed by atoms with E-state index in [4.69, 9.17) is 10.3 Å². The fourth-order valence-electron chi connectivity index (χ4n) is 1.92. The maximum absolute atomic E-state index is 5.88. The maximum Gasteiger partial charge on any atom is 0.230 e. The van der Waals surface area contributed by atoms with Crippen LogP contribution in [-0.2, 0) is 0 Å². The lowest BCUT2D eigenvalue weighted by Gasteiger charge is -2.02. The average Bonchev–Trinajstić information content (AvgIpc) is 2.83. The van der Waals surface area contributed by atoms with Gasteiger partial charge < -0.3 is 10.3 Å². The van der Waals surface area contributed by atoms with E-state index in [1.165, 1.54) is 11.9 Å². The van der Waals surface area contributed by atoms with E-state index in [-0.39, 0.29) is 0 Å². The van der Waals surface area contributed by atoms with Crippen molar-refractivity contribution in [3.8, 4) is 22.4 Å². The lowest BCUT2D eigenvalue weighted by molar-refractivity contribution is 0.439. The van der Waals surface area contributed by atoms with E-state index < -0.39 is 0 Å². The number of benzene rings is 1. The zero-order valence-electron chi connectivity index (χ0n) is 10.4. The number of nitrogen functional groups attached to an aromatic ring is 1. The highest BCUT2D eigenvalue weighted by atomic mass is 16.5. The van der Waals surface area contributed by atoms with E-state index in [2.05, 4.69) is 15.1 Å². The van der Waals surface area contributed by atoms with Crippen LogP contribution in [0.5, 0.6) is 0 Å². The van der Waals surface area contributed by atoms with Crippen LogP contribution in [-0.4, -0.2) is 15.1 Å². The molecule has 5 heteroatoms. The van der Waals surface area contributed by atoms with Gasteiger partial charge in [-0.3, -0.25) is 0 Å². The molecule has 3 rings (SSSR count). The van der Waals surface area contributed by atoms with Crippen molar-refractivity contribution in [2.45, 2.75) is 6.92 Å². The second-order valence-electron chi connectivity index (χ2n) is 4.26. The van der Waals surface area contributed by atoms with Crippen LogP contribution < -0.4 is 5.73 Å². The van der Waals surface area contributed by atoms with Gasteiger partial charge in [-0.05, 0) is 12.5 Å². The summed E-state index contributed by atoms with van der Waals surface area (Å²) in [7, 11) is 0. The van der Waals surface area contributed by atoms with E-state index in [1.54, 1.807) is 12.4 Å². The third-order valence-electron chi connectivity index (χ3n) is 2.89. The van der Waals surface area contributed by atoms with Crippen molar-refractivity contribution >= 4 is 5.88 Å². The highest BCUT2D eigenvalue weighted by molar-refractivity contribution is 5.86. The zero-order valence-corrected chi connectivity index (χ0v) is 10.4. The summed E-state index contributed by atoms with van der Waals surface area (Å²) in [5.41, 5.74) is 10.2. The molecule has 0 aliphatic heterocycles. The molecule has 2 aromatic heterocycles. The summed E-state index contributed by atoms with van der Waals surface area (Å²) in [6.07, 6.45) is 4.84. The van der Waals surface area contributed by atoms with Crippen molar-refractivity contribution in [1.29, 1.82) is 0 Å². The number of nitrogens with two attached hydrogens (primary N) is 1. The summed E-state index contributed by atoms with van der Waals surface area (Å²) in [5, 5.41) is 4.00. The molecule has 0 fully saturated rings. The molecule has 1 aromatic carbocycles. The number of aryl methyl sites for hydroxylation is 1. The molecule has 0 amide bonds. The molecule has 5 nitrogen and oxygen atoms in total. The van der Waals surface area contributed by atoms with Crippen LogP contribution in [0.3, 0.4) is 0 Å². The molecule has 19 heavy (non-hydrogen) atoms. The highest BCUT2D eigenvalue weighted by Crippen LogP contribution is 2.35. The molecule has 0 spiro atoms. The molecule has 0 unspecified atom stereocenters. The van der Waals surface area contributed by atoms with Gasteiger partial charge in [-0.2, -0.15) is 0 Å². The molecule has 0 radical (unpaired) electrons. The van der Waals surface area contributed by atoms with Gasteiger partial charge in [-0.15, -0.1) is 0 Å². The fourth-order valence-corrected chi connectivity index (χ4v) is 1.92. The summed E-state index contributed by atoms with van der Waals surface area (Å²) in [4.78, 5) is 7.97. The number of anilines is 1.